The molecule has 146 valence electrons. The van der Waals surface area contributed by atoms with Crippen LogP contribution in [0.2, 0.25) is 0 Å². The van der Waals surface area contributed by atoms with Crippen LogP contribution in [0.25, 0.3) is 0 Å². The van der Waals surface area contributed by atoms with Crippen molar-refractivity contribution in [1.82, 2.24) is 15.5 Å². The number of ether oxygens (including phenoxy) is 1. The molecule has 2 N–H and O–H groups in total. The third kappa shape index (κ3) is 6.44. The predicted octanol–water partition coefficient (Wildman–Crippen LogP) is 2.79. The molecule has 1 aromatic rings. The molecule has 0 bridgehead atoms. The number of benzene rings is 1. The molecule has 0 amide bonds. The highest BCUT2D eigenvalue weighted by Crippen LogP contribution is 2.19. The Labute approximate surface area is 154 Å². The van der Waals surface area contributed by atoms with E-state index < -0.39 is 6.43 Å². The van der Waals surface area contributed by atoms with Gasteiger partial charge in [0.1, 0.15) is 5.75 Å². The molecule has 0 atom stereocenters. The summed E-state index contributed by atoms with van der Waals surface area (Å²) in [6.07, 6.45) is -0.572. The molecule has 1 aliphatic rings. The molecule has 0 saturated carbocycles. The van der Waals surface area contributed by atoms with Gasteiger partial charge < -0.3 is 15.4 Å². The molecule has 1 heterocycles. The molecule has 1 aliphatic heterocycles. The average molecular weight is 368 g/mol. The fourth-order valence-electron chi connectivity index (χ4n) is 3.17. The van der Waals surface area contributed by atoms with Gasteiger partial charge in [-0.15, -0.1) is 0 Å². The van der Waals surface area contributed by atoms with Crippen LogP contribution in [0.4, 0.5) is 8.78 Å². The normalized spacial score (nSPS) is 16.8. The van der Waals surface area contributed by atoms with Crippen molar-refractivity contribution in [3.63, 3.8) is 0 Å². The van der Waals surface area contributed by atoms with Gasteiger partial charge in [-0.2, -0.15) is 0 Å². The zero-order valence-corrected chi connectivity index (χ0v) is 15.9. The fraction of sp³-hybridized carbons (Fsp3) is 0.632. The number of nitrogens with zero attached hydrogens (tertiary/aromatic N) is 2. The molecule has 1 aromatic carbocycles. The Balaban J connectivity index is 1.79. The second kappa shape index (κ2) is 10.3. The number of guanidine groups is 1. The molecule has 5 nitrogen and oxygen atoms in total. The Bertz CT molecular complexity index is 587. The van der Waals surface area contributed by atoms with Crippen LogP contribution in [0.15, 0.2) is 23.2 Å². The molecule has 2 rings (SSSR count). The molecule has 0 spiro atoms. The van der Waals surface area contributed by atoms with E-state index in [0.29, 0.717) is 26.2 Å². The second-order valence-corrected chi connectivity index (χ2v) is 6.57. The maximum absolute atomic E-state index is 12.4. The van der Waals surface area contributed by atoms with E-state index in [1.165, 1.54) is 0 Å². The van der Waals surface area contributed by atoms with Crippen LogP contribution in [0.3, 0.4) is 0 Å². The smallest absolute Gasteiger partial charge is 0.251 e. The monoisotopic (exact) mass is 368 g/mol. The van der Waals surface area contributed by atoms with Gasteiger partial charge in [0.15, 0.2) is 5.96 Å². The summed E-state index contributed by atoms with van der Waals surface area (Å²) in [5, 5.41) is 6.72. The molecule has 0 aromatic heterocycles. The summed E-state index contributed by atoms with van der Waals surface area (Å²) >= 11 is 0. The van der Waals surface area contributed by atoms with Gasteiger partial charge in [0.25, 0.3) is 6.43 Å². The maximum atomic E-state index is 12.4. The van der Waals surface area contributed by atoms with Gasteiger partial charge in [0.2, 0.25) is 0 Å². The van der Waals surface area contributed by atoms with Gasteiger partial charge >= 0.3 is 0 Å². The Hall–Kier alpha value is -1.89. The van der Waals surface area contributed by atoms with Gasteiger partial charge in [-0.3, -0.25) is 9.89 Å². The minimum atomic E-state index is -2.26. The van der Waals surface area contributed by atoms with Crippen LogP contribution in [0.1, 0.15) is 30.9 Å². The lowest BCUT2D eigenvalue weighted by atomic mass is 10.1. The number of alkyl halides is 2. The number of likely N-dealkylation sites (tertiary alicyclic amines) is 1. The van der Waals surface area contributed by atoms with Crippen molar-refractivity contribution in [2.24, 2.45) is 4.99 Å². The van der Waals surface area contributed by atoms with E-state index in [4.69, 9.17) is 4.74 Å². The third-order valence-corrected chi connectivity index (χ3v) is 4.55. The summed E-state index contributed by atoms with van der Waals surface area (Å²) < 4.78 is 30.5. The van der Waals surface area contributed by atoms with Crippen molar-refractivity contribution >= 4 is 5.96 Å². The topological polar surface area (TPSA) is 48.9 Å². The quantitative estimate of drug-likeness (QED) is 0.574. The molecule has 26 heavy (non-hydrogen) atoms. The van der Waals surface area contributed by atoms with E-state index in [2.05, 4.69) is 21.7 Å². The zero-order chi connectivity index (χ0) is 18.9. The minimum Gasteiger partial charge on any atom is -0.494 e. The lowest BCUT2D eigenvalue weighted by molar-refractivity contribution is 0.0744. The minimum absolute atomic E-state index is 0.128. The summed E-state index contributed by atoms with van der Waals surface area (Å²) in [6.45, 7) is 6.59. The number of hydrogen-bond acceptors (Lipinski definition) is 3. The largest absolute Gasteiger partial charge is 0.494 e. The van der Waals surface area contributed by atoms with Crippen molar-refractivity contribution in [2.45, 2.75) is 45.7 Å². The highest BCUT2D eigenvalue weighted by molar-refractivity contribution is 5.79. The summed E-state index contributed by atoms with van der Waals surface area (Å²) in [5.41, 5.74) is 2.26. The van der Waals surface area contributed by atoms with E-state index >= 15 is 0 Å². The van der Waals surface area contributed by atoms with Crippen molar-refractivity contribution in [1.29, 1.82) is 0 Å². The second-order valence-electron chi connectivity index (χ2n) is 6.57. The number of rotatable bonds is 7. The summed E-state index contributed by atoms with van der Waals surface area (Å²) in [7, 11) is 1.74. The predicted molar refractivity (Wildman–Crippen MR) is 101 cm³/mol. The summed E-state index contributed by atoms with van der Waals surface area (Å²) in [4.78, 5) is 6.09. The van der Waals surface area contributed by atoms with Crippen LogP contribution in [0.5, 0.6) is 5.75 Å². The molecular weight excluding hydrogens is 338 g/mol. The Kier molecular flexibility index (Phi) is 8.09. The third-order valence-electron chi connectivity index (χ3n) is 4.55. The summed E-state index contributed by atoms with van der Waals surface area (Å²) in [6, 6.07) is 6.40. The van der Waals surface area contributed by atoms with E-state index in [1.54, 1.807) is 7.05 Å². The zero-order valence-electron chi connectivity index (χ0n) is 15.9. The van der Waals surface area contributed by atoms with Gasteiger partial charge in [-0.1, -0.05) is 12.1 Å². The molecule has 0 unspecified atom stereocenters. The molecule has 7 heteroatoms. The first-order chi connectivity index (χ1) is 12.5. The molecular formula is C19H30F2N4O. The molecule has 0 radical (unpaired) electrons. The molecule has 1 fully saturated rings. The van der Waals surface area contributed by atoms with Crippen LogP contribution >= 0.6 is 0 Å². The lowest BCUT2D eigenvalue weighted by Gasteiger charge is -2.32. The number of piperidine rings is 1. The van der Waals surface area contributed by atoms with Crippen LogP contribution < -0.4 is 15.4 Å². The first-order valence-electron chi connectivity index (χ1n) is 9.21. The number of hydrogen-bond donors (Lipinski definition) is 2. The van der Waals surface area contributed by atoms with Crippen molar-refractivity contribution in [3.05, 3.63) is 29.3 Å². The first kappa shape index (κ1) is 20.4. The van der Waals surface area contributed by atoms with Gasteiger partial charge in [-0.25, -0.2) is 8.78 Å². The highest BCUT2D eigenvalue weighted by atomic mass is 19.3. The van der Waals surface area contributed by atoms with Crippen molar-refractivity contribution < 1.29 is 13.5 Å². The van der Waals surface area contributed by atoms with E-state index in [1.807, 2.05) is 30.9 Å². The van der Waals surface area contributed by atoms with Crippen LogP contribution in [-0.4, -0.2) is 56.6 Å². The number of aryl methyl sites for hydroxylation is 1. The number of nitrogens with one attached hydrogen (secondary N) is 2. The maximum Gasteiger partial charge on any atom is 0.251 e. The first-order valence-corrected chi connectivity index (χ1v) is 9.21. The Morgan fingerprint density at radius 3 is 2.65 bits per heavy atom. The van der Waals surface area contributed by atoms with E-state index in [9.17, 15) is 8.78 Å². The number of aliphatic imine (C=N–C) groups is 1. The average Bonchev–Trinajstić information content (AvgIpc) is 2.62. The standard InChI is InChI=1S/C19H30F2N4O/c1-4-26-17-6-5-15(11-14(17)2)12-23-19(22-3)24-16-7-9-25(10-8-16)13-18(20)21/h5-6,11,16,18H,4,7-10,12-13H2,1-3H3,(H2,22,23,24). The van der Waals surface area contributed by atoms with Crippen LogP contribution in [-0.2, 0) is 6.54 Å². The van der Waals surface area contributed by atoms with Gasteiger partial charge in [0.05, 0.1) is 13.2 Å². The number of halogens is 2. The van der Waals surface area contributed by atoms with Crippen LogP contribution in [0, 0.1) is 6.92 Å². The molecule has 0 aliphatic carbocycles. The fourth-order valence-corrected chi connectivity index (χ4v) is 3.17. The Morgan fingerprint density at radius 1 is 1.35 bits per heavy atom. The summed E-state index contributed by atoms with van der Waals surface area (Å²) in [5.74, 6) is 1.65. The SMILES string of the molecule is CCOc1ccc(CNC(=NC)NC2CCN(CC(F)F)CC2)cc1C. The highest BCUT2D eigenvalue weighted by Gasteiger charge is 2.21. The van der Waals surface area contributed by atoms with Gasteiger partial charge in [-0.05, 0) is 43.9 Å². The Morgan fingerprint density at radius 2 is 2.08 bits per heavy atom. The van der Waals surface area contributed by atoms with E-state index in [0.717, 1.165) is 35.7 Å². The lowest BCUT2D eigenvalue weighted by Crippen LogP contribution is -2.49. The van der Waals surface area contributed by atoms with Crippen molar-refractivity contribution in [3.8, 4) is 5.75 Å². The molecule has 1 saturated heterocycles. The van der Waals surface area contributed by atoms with Gasteiger partial charge in [0, 0.05) is 32.7 Å². The van der Waals surface area contributed by atoms with Crippen molar-refractivity contribution in [2.75, 3.05) is 33.3 Å². The van der Waals surface area contributed by atoms with E-state index in [-0.39, 0.29) is 12.6 Å².